The molecule has 1 fully saturated rings. The van der Waals surface area contributed by atoms with Crippen molar-refractivity contribution in [3.8, 4) is 0 Å². The number of nitro groups is 1. The van der Waals surface area contributed by atoms with Crippen LogP contribution in [-0.4, -0.2) is 17.1 Å². The van der Waals surface area contributed by atoms with Crippen LogP contribution in [0.5, 0.6) is 0 Å². The zero-order valence-electron chi connectivity index (χ0n) is 9.93. The van der Waals surface area contributed by atoms with E-state index in [1.165, 1.54) is 12.1 Å². The molecule has 0 spiro atoms. The summed E-state index contributed by atoms with van der Waals surface area (Å²) in [4.78, 5) is 10.4. The van der Waals surface area contributed by atoms with Crippen LogP contribution in [0.15, 0.2) is 42.5 Å². The van der Waals surface area contributed by atoms with Crippen molar-refractivity contribution in [3.05, 3.63) is 58.2 Å². The Labute approximate surface area is 107 Å². The molecule has 0 heterocycles. The Morgan fingerprint density at radius 1 is 1.26 bits per heavy atom. The van der Waals surface area contributed by atoms with E-state index in [0.29, 0.717) is 5.56 Å². The molecule has 3 nitrogen and oxygen atoms in total. The van der Waals surface area contributed by atoms with Gasteiger partial charge in [0.05, 0.1) is 11.8 Å². The molecule has 0 unspecified atom stereocenters. The van der Waals surface area contributed by atoms with E-state index in [-0.39, 0.29) is 12.0 Å². The lowest BCUT2D eigenvalue weighted by atomic mass is 9.85. The second-order valence-corrected chi connectivity index (χ2v) is 4.67. The van der Waals surface area contributed by atoms with Crippen molar-refractivity contribution in [2.75, 3.05) is 0 Å². The maximum atomic E-state index is 13.1. The van der Waals surface area contributed by atoms with Gasteiger partial charge < -0.3 is 0 Å². The number of alkyl halides is 3. The maximum absolute atomic E-state index is 13.1. The molecule has 1 saturated carbocycles. The lowest BCUT2D eigenvalue weighted by Crippen LogP contribution is -2.32. The normalized spacial score (nSPS) is 27.5. The van der Waals surface area contributed by atoms with Crippen LogP contribution in [0.3, 0.4) is 0 Å². The zero-order valence-corrected chi connectivity index (χ0v) is 9.93. The Kier molecular flexibility index (Phi) is 3.34. The molecule has 6 heteroatoms. The van der Waals surface area contributed by atoms with Gasteiger partial charge in [0, 0.05) is 11.3 Å². The van der Waals surface area contributed by atoms with Gasteiger partial charge in [0.1, 0.15) is 0 Å². The summed E-state index contributed by atoms with van der Waals surface area (Å²) >= 11 is 0. The molecular formula is C13H12F3NO2. The average Bonchev–Trinajstić information content (AvgIpc) is 2.68. The topological polar surface area (TPSA) is 43.1 Å². The van der Waals surface area contributed by atoms with Crippen LogP contribution >= 0.6 is 0 Å². The number of nitrogens with zero attached hydrogens (tertiary/aromatic N) is 1. The van der Waals surface area contributed by atoms with Gasteiger partial charge in [0.15, 0.2) is 0 Å². The van der Waals surface area contributed by atoms with E-state index in [9.17, 15) is 23.3 Å². The molecule has 2 rings (SSSR count). The maximum Gasteiger partial charge on any atom is 0.396 e. The Morgan fingerprint density at radius 2 is 1.84 bits per heavy atom. The van der Waals surface area contributed by atoms with E-state index < -0.39 is 29.0 Å². The molecule has 1 aromatic carbocycles. The molecule has 3 atom stereocenters. The smallest absolute Gasteiger partial charge is 0.264 e. The predicted molar refractivity (Wildman–Crippen MR) is 63.3 cm³/mol. The molecular weight excluding hydrogens is 259 g/mol. The summed E-state index contributed by atoms with van der Waals surface area (Å²) in [5, 5.41) is 11.0. The van der Waals surface area contributed by atoms with E-state index in [4.69, 9.17) is 0 Å². The average molecular weight is 271 g/mol. The van der Waals surface area contributed by atoms with Crippen LogP contribution in [0.2, 0.25) is 0 Å². The van der Waals surface area contributed by atoms with Crippen LogP contribution in [0.1, 0.15) is 17.9 Å². The monoisotopic (exact) mass is 271 g/mol. The molecule has 0 bridgehead atoms. The quantitative estimate of drug-likeness (QED) is 0.469. The summed E-state index contributed by atoms with van der Waals surface area (Å²) in [6.45, 7) is 3.39. The first-order chi connectivity index (χ1) is 8.82. The third kappa shape index (κ3) is 2.47. The molecule has 1 aliphatic carbocycles. The molecule has 19 heavy (non-hydrogen) atoms. The Bertz CT molecular complexity index is 498. The molecule has 0 aliphatic heterocycles. The van der Waals surface area contributed by atoms with Gasteiger partial charge in [-0.15, -0.1) is 0 Å². The lowest BCUT2D eigenvalue weighted by Gasteiger charge is -2.23. The number of hydrogen-bond acceptors (Lipinski definition) is 2. The van der Waals surface area contributed by atoms with Gasteiger partial charge in [0.25, 0.3) is 0 Å². The van der Waals surface area contributed by atoms with Gasteiger partial charge in [-0.1, -0.05) is 42.5 Å². The van der Waals surface area contributed by atoms with Crippen molar-refractivity contribution in [2.45, 2.75) is 24.6 Å². The fraction of sp³-hybridized carbons (Fsp3) is 0.385. The van der Waals surface area contributed by atoms with E-state index in [0.717, 1.165) is 0 Å². The molecule has 0 saturated heterocycles. The summed E-state index contributed by atoms with van der Waals surface area (Å²) in [6.07, 6.45) is -4.74. The third-order valence-corrected chi connectivity index (χ3v) is 3.49. The van der Waals surface area contributed by atoms with E-state index in [1.54, 1.807) is 18.2 Å². The van der Waals surface area contributed by atoms with Crippen molar-refractivity contribution in [1.82, 2.24) is 0 Å². The highest BCUT2D eigenvalue weighted by molar-refractivity contribution is 5.30. The van der Waals surface area contributed by atoms with Crippen LogP contribution in [0.4, 0.5) is 13.2 Å². The summed E-state index contributed by atoms with van der Waals surface area (Å²) in [6, 6.07) is 6.57. The number of halogens is 3. The van der Waals surface area contributed by atoms with Crippen LogP contribution in [0.25, 0.3) is 0 Å². The first-order valence-corrected chi connectivity index (χ1v) is 5.75. The van der Waals surface area contributed by atoms with E-state index in [1.807, 2.05) is 0 Å². The van der Waals surface area contributed by atoms with Crippen molar-refractivity contribution >= 4 is 0 Å². The van der Waals surface area contributed by atoms with Gasteiger partial charge in [0.2, 0.25) is 6.04 Å². The second-order valence-electron chi connectivity index (χ2n) is 4.67. The standard InChI is InChI=1S/C13H12F3NO2/c1-8-7-10(17(18)19)11(12(8)13(14,15)16)9-5-3-2-4-6-9/h2-6,10-12H,1,7H2/t10-,11+,12-/m0/s1. The van der Waals surface area contributed by atoms with Gasteiger partial charge >= 0.3 is 6.18 Å². The van der Waals surface area contributed by atoms with Crippen LogP contribution < -0.4 is 0 Å². The Balaban J connectivity index is 2.48. The fourth-order valence-electron chi connectivity index (χ4n) is 2.73. The minimum absolute atomic E-state index is 0.108. The molecule has 1 aliphatic rings. The SMILES string of the molecule is C=C1C[C@H]([N+](=O)[O-])[C@@H](c2ccccc2)[C@H]1C(F)(F)F. The molecule has 0 radical (unpaired) electrons. The number of hydrogen-bond donors (Lipinski definition) is 0. The first kappa shape index (κ1) is 13.6. The molecule has 0 N–H and O–H groups in total. The van der Waals surface area contributed by atoms with E-state index >= 15 is 0 Å². The van der Waals surface area contributed by atoms with E-state index in [2.05, 4.69) is 6.58 Å². The van der Waals surface area contributed by atoms with Crippen LogP contribution in [0, 0.1) is 16.0 Å². The first-order valence-electron chi connectivity index (χ1n) is 5.75. The Hall–Kier alpha value is -1.85. The predicted octanol–water partition coefficient (Wildman–Crippen LogP) is 3.55. The fourth-order valence-corrected chi connectivity index (χ4v) is 2.73. The Morgan fingerprint density at radius 3 is 2.32 bits per heavy atom. The van der Waals surface area contributed by atoms with Gasteiger partial charge in [-0.2, -0.15) is 13.2 Å². The number of rotatable bonds is 2. The molecule has 0 aromatic heterocycles. The minimum Gasteiger partial charge on any atom is -0.264 e. The van der Waals surface area contributed by atoms with Crippen molar-refractivity contribution in [3.63, 3.8) is 0 Å². The number of benzene rings is 1. The summed E-state index contributed by atoms with van der Waals surface area (Å²) in [7, 11) is 0. The molecule has 1 aromatic rings. The third-order valence-electron chi connectivity index (χ3n) is 3.49. The van der Waals surface area contributed by atoms with Crippen LogP contribution in [-0.2, 0) is 0 Å². The van der Waals surface area contributed by atoms with Crippen molar-refractivity contribution in [2.24, 2.45) is 5.92 Å². The molecule has 0 amide bonds. The zero-order chi connectivity index (χ0) is 14.2. The van der Waals surface area contributed by atoms with Gasteiger partial charge in [-0.05, 0) is 5.56 Å². The highest BCUT2D eigenvalue weighted by Crippen LogP contribution is 2.51. The highest BCUT2D eigenvalue weighted by atomic mass is 19.4. The van der Waals surface area contributed by atoms with Gasteiger partial charge in [-0.3, -0.25) is 10.1 Å². The summed E-state index contributed by atoms with van der Waals surface area (Å²) in [5.41, 5.74) is 0.230. The highest BCUT2D eigenvalue weighted by Gasteiger charge is 2.57. The van der Waals surface area contributed by atoms with Crippen molar-refractivity contribution in [1.29, 1.82) is 0 Å². The largest absolute Gasteiger partial charge is 0.396 e. The lowest BCUT2D eigenvalue weighted by molar-refractivity contribution is -0.524. The second kappa shape index (κ2) is 4.68. The van der Waals surface area contributed by atoms with Gasteiger partial charge in [-0.25, -0.2) is 0 Å². The molecule has 102 valence electrons. The van der Waals surface area contributed by atoms with Crippen molar-refractivity contribution < 1.29 is 18.1 Å². The summed E-state index contributed by atoms with van der Waals surface area (Å²) in [5.74, 6) is -3.03. The minimum atomic E-state index is -4.51. The summed E-state index contributed by atoms with van der Waals surface area (Å²) < 4.78 is 39.3.